The molecule has 9 heteroatoms. The maximum absolute atomic E-state index is 13.5. The summed E-state index contributed by atoms with van der Waals surface area (Å²) in [5.41, 5.74) is 0.370. The second kappa shape index (κ2) is 9.59. The molecule has 3 rings (SSSR count). The highest BCUT2D eigenvalue weighted by Crippen LogP contribution is 2.35. The number of carbonyl (C=O) groups is 3. The summed E-state index contributed by atoms with van der Waals surface area (Å²) in [7, 11) is 0. The number of hydrogen-bond acceptors (Lipinski definition) is 6. The number of amides is 2. The normalized spacial score (nSPS) is 21.7. The number of aromatic nitrogens is 2. The fourth-order valence-electron chi connectivity index (χ4n) is 4.30. The molecule has 166 valence electrons. The Labute approximate surface area is 177 Å². The first-order valence-electron chi connectivity index (χ1n) is 10.7. The third kappa shape index (κ3) is 4.83. The van der Waals surface area contributed by atoms with Gasteiger partial charge in [-0.25, -0.2) is 0 Å². The summed E-state index contributed by atoms with van der Waals surface area (Å²) < 4.78 is 12.5. The SMILES string of the molecule is CCCn1cc(C(=O)N2CCCC2(COC(C)=O)CC(=O)N2CCOCC2)c(C)n1. The first-order chi connectivity index (χ1) is 14.4. The van der Waals surface area contributed by atoms with Crippen LogP contribution in [-0.2, 0) is 25.6 Å². The highest BCUT2D eigenvalue weighted by molar-refractivity contribution is 5.96. The lowest BCUT2D eigenvalue weighted by Crippen LogP contribution is -2.54. The van der Waals surface area contributed by atoms with Crippen molar-refractivity contribution < 1.29 is 23.9 Å². The molecular formula is C21H32N4O5. The van der Waals surface area contributed by atoms with Crippen molar-refractivity contribution in [2.45, 2.75) is 58.5 Å². The summed E-state index contributed by atoms with van der Waals surface area (Å²) >= 11 is 0. The highest BCUT2D eigenvalue weighted by Gasteiger charge is 2.47. The molecule has 1 atom stereocenters. The third-order valence-corrected chi connectivity index (χ3v) is 5.86. The number of likely N-dealkylation sites (tertiary alicyclic amines) is 1. The number of nitrogens with zero attached hydrogens (tertiary/aromatic N) is 4. The zero-order valence-corrected chi connectivity index (χ0v) is 18.2. The molecule has 2 aliphatic rings. The largest absolute Gasteiger partial charge is 0.463 e. The van der Waals surface area contributed by atoms with Crippen LogP contribution in [0.1, 0.15) is 55.6 Å². The fraction of sp³-hybridized carbons (Fsp3) is 0.714. The standard InChI is InChI=1S/C21H32N4O5/c1-4-7-24-14-18(16(2)22-24)20(28)25-8-5-6-21(25,15-30-17(3)26)13-19(27)23-9-11-29-12-10-23/h14H,4-13,15H2,1-3H3. The predicted molar refractivity (Wildman–Crippen MR) is 109 cm³/mol. The first-order valence-corrected chi connectivity index (χ1v) is 10.7. The Morgan fingerprint density at radius 3 is 2.63 bits per heavy atom. The third-order valence-electron chi connectivity index (χ3n) is 5.86. The molecule has 0 aliphatic carbocycles. The highest BCUT2D eigenvalue weighted by atomic mass is 16.5. The zero-order chi connectivity index (χ0) is 21.7. The Kier molecular flexibility index (Phi) is 7.12. The first kappa shape index (κ1) is 22.3. The van der Waals surface area contributed by atoms with Crippen LogP contribution in [0.25, 0.3) is 0 Å². The minimum atomic E-state index is -0.836. The van der Waals surface area contributed by atoms with Gasteiger partial charge in [-0.15, -0.1) is 0 Å². The van der Waals surface area contributed by atoms with E-state index in [1.807, 2.05) is 6.92 Å². The van der Waals surface area contributed by atoms with Gasteiger partial charge in [-0.2, -0.15) is 5.10 Å². The second-order valence-electron chi connectivity index (χ2n) is 8.13. The summed E-state index contributed by atoms with van der Waals surface area (Å²) in [5.74, 6) is -0.614. The molecule has 3 heterocycles. The zero-order valence-electron chi connectivity index (χ0n) is 18.2. The van der Waals surface area contributed by atoms with Crippen molar-refractivity contribution in [1.29, 1.82) is 0 Å². The van der Waals surface area contributed by atoms with Crippen molar-refractivity contribution in [3.8, 4) is 0 Å². The van der Waals surface area contributed by atoms with Gasteiger partial charge in [0.15, 0.2) is 0 Å². The van der Waals surface area contributed by atoms with E-state index in [9.17, 15) is 14.4 Å². The van der Waals surface area contributed by atoms with Crippen LogP contribution in [0.3, 0.4) is 0 Å². The van der Waals surface area contributed by atoms with Gasteiger partial charge in [0, 0.05) is 39.3 Å². The molecule has 30 heavy (non-hydrogen) atoms. The summed E-state index contributed by atoms with van der Waals surface area (Å²) in [6.07, 6.45) is 4.20. The number of rotatable bonds is 7. The van der Waals surface area contributed by atoms with Gasteiger partial charge in [-0.05, 0) is 26.2 Å². The molecule has 2 fully saturated rings. The van der Waals surface area contributed by atoms with E-state index >= 15 is 0 Å². The lowest BCUT2D eigenvalue weighted by atomic mass is 9.91. The van der Waals surface area contributed by atoms with E-state index in [1.165, 1.54) is 6.92 Å². The van der Waals surface area contributed by atoms with Crippen molar-refractivity contribution in [3.05, 3.63) is 17.5 Å². The maximum Gasteiger partial charge on any atom is 0.302 e. The lowest BCUT2D eigenvalue weighted by Gasteiger charge is -2.39. The van der Waals surface area contributed by atoms with Gasteiger partial charge in [-0.1, -0.05) is 6.92 Å². The summed E-state index contributed by atoms with van der Waals surface area (Å²) in [5, 5.41) is 4.44. The molecule has 1 unspecified atom stereocenters. The second-order valence-corrected chi connectivity index (χ2v) is 8.13. The average Bonchev–Trinajstić information content (AvgIpc) is 3.30. The van der Waals surface area contributed by atoms with Crippen LogP contribution in [0.5, 0.6) is 0 Å². The number of morpholine rings is 1. The quantitative estimate of drug-likeness (QED) is 0.619. The molecule has 0 saturated carbocycles. The maximum atomic E-state index is 13.5. The summed E-state index contributed by atoms with van der Waals surface area (Å²) in [4.78, 5) is 41.6. The molecule has 0 N–H and O–H groups in total. The molecule has 2 aliphatic heterocycles. The van der Waals surface area contributed by atoms with Crippen LogP contribution >= 0.6 is 0 Å². The molecule has 1 aromatic heterocycles. The van der Waals surface area contributed by atoms with Gasteiger partial charge in [0.05, 0.1) is 36.4 Å². The number of carbonyl (C=O) groups excluding carboxylic acids is 3. The molecule has 1 aromatic rings. The van der Waals surface area contributed by atoms with Gasteiger partial charge < -0.3 is 19.3 Å². The van der Waals surface area contributed by atoms with Crippen molar-refractivity contribution in [1.82, 2.24) is 19.6 Å². The molecule has 0 spiro atoms. The minimum Gasteiger partial charge on any atom is -0.463 e. The van der Waals surface area contributed by atoms with Gasteiger partial charge in [-0.3, -0.25) is 19.1 Å². The smallest absolute Gasteiger partial charge is 0.302 e. The fourth-order valence-corrected chi connectivity index (χ4v) is 4.30. The van der Waals surface area contributed by atoms with E-state index in [1.54, 1.807) is 20.7 Å². The van der Waals surface area contributed by atoms with E-state index in [2.05, 4.69) is 12.0 Å². The van der Waals surface area contributed by atoms with Crippen LogP contribution in [0.4, 0.5) is 0 Å². The van der Waals surface area contributed by atoms with Crippen molar-refractivity contribution in [2.24, 2.45) is 0 Å². The average molecular weight is 421 g/mol. The van der Waals surface area contributed by atoms with Crippen molar-refractivity contribution >= 4 is 17.8 Å². The van der Waals surface area contributed by atoms with Crippen molar-refractivity contribution in [2.75, 3.05) is 39.5 Å². The van der Waals surface area contributed by atoms with E-state index in [4.69, 9.17) is 9.47 Å². The molecule has 2 saturated heterocycles. The van der Waals surface area contributed by atoms with Gasteiger partial charge >= 0.3 is 5.97 Å². The molecule has 0 radical (unpaired) electrons. The predicted octanol–water partition coefficient (Wildman–Crippen LogP) is 1.39. The van der Waals surface area contributed by atoms with Crippen LogP contribution in [0.2, 0.25) is 0 Å². The molecular weight excluding hydrogens is 388 g/mol. The molecule has 2 amide bonds. The van der Waals surface area contributed by atoms with E-state index < -0.39 is 11.5 Å². The monoisotopic (exact) mass is 420 g/mol. The van der Waals surface area contributed by atoms with Crippen LogP contribution < -0.4 is 0 Å². The minimum absolute atomic E-state index is 0.0201. The van der Waals surface area contributed by atoms with E-state index in [0.717, 1.165) is 19.4 Å². The molecule has 0 bridgehead atoms. The lowest BCUT2D eigenvalue weighted by molar-refractivity contribution is -0.148. The van der Waals surface area contributed by atoms with Crippen LogP contribution in [0.15, 0.2) is 6.20 Å². The Hall–Kier alpha value is -2.42. The van der Waals surface area contributed by atoms with Gasteiger partial charge in [0.25, 0.3) is 5.91 Å². The number of ether oxygens (including phenoxy) is 2. The number of hydrogen-bond donors (Lipinski definition) is 0. The number of aryl methyl sites for hydroxylation is 2. The molecule has 9 nitrogen and oxygen atoms in total. The Morgan fingerprint density at radius 1 is 1.23 bits per heavy atom. The van der Waals surface area contributed by atoms with Gasteiger partial charge in [0.1, 0.15) is 6.61 Å². The van der Waals surface area contributed by atoms with Gasteiger partial charge in [0.2, 0.25) is 5.91 Å². The number of esters is 1. The Morgan fingerprint density at radius 2 is 1.97 bits per heavy atom. The van der Waals surface area contributed by atoms with E-state index in [-0.39, 0.29) is 24.8 Å². The van der Waals surface area contributed by atoms with Crippen LogP contribution in [0, 0.1) is 6.92 Å². The summed E-state index contributed by atoms with van der Waals surface area (Å²) in [6, 6.07) is 0. The topological polar surface area (TPSA) is 94.0 Å². The summed E-state index contributed by atoms with van der Waals surface area (Å²) in [6.45, 7) is 8.62. The van der Waals surface area contributed by atoms with Crippen molar-refractivity contribution in [3.63, 3.8) is 0 Å². The van der Waals surface area contributed by atoms with E-state index in [0.29, 0.717) is 50.5 Å². The Balaban J connectivity index is 1.85. The Bertz CT molecular complexity index is 786. The van der Waals surface area contributed by atoms with Crippen LogP contribution in [-0.4, -0.2) is 82.4 Å². The molecule has 0 aromatic carbocycles.